The molecule has 0 saturated heterocycles. The van der Waals surface area contributed by atoms with Crippen LogP contribution in [0.5, 0.6) is 0 Å². The molecule has 2 nitrogen and oxygen atoms in total. The summed E-state index contributed by atoms with van der Waals surface area (Å²) in [6.45, 7) is 2.23. The molecule has 2 aromatic rings. The Morgan fingerprint density at radius 2 is 2.00 bits per heavy atom. The van der Waals surface area contributed by atoms with Crippen molar-refractivity contribution in [3.8, 4) is 0 Å². The summed E-state index contributed by atoms with van der Waals surface area (Å²) >= 11 is 0. The first kappa shape index (κ1) is 8.60. The molecule has 1 aliphatic rings. The quantitative estimate of drug-likeness (QED) is 0.759. The van der Waals surface area contributed by atoms with Gasteiger partial charge in [-0.2, -0.15) is 0 Å². The largest absolute Gasteiger partial charge is 0.467 e. The smallest absolute Gasteiger partial charge is 0.126 e. The van der Waals surface area contributed by atoms with Gasteiger partial charge in [-0.1, -0.05) is 25.1 Å². The first-order valence-corrected chi connectivity index (χ1v) is 5.25. The van der Waals surface area contributed by atoms with Crippen LogP contribution in [0.2, 0.25) is 0 Å². The van der Waals surface area contributed by atoms with E-state index < -0.39 is 0 Å². The minimum Gasteiger partial charge on any atom is -0.467 e. The molecule has 0 amide bonds. The second-order valence-corrected chi connectivity index (χ2v) is 4.01. The summed E-state index contributed by atoms with van der Waals surface area (Å²) in [5, 5.41) is 3.49. The third-order valence-corrected chi connectivity index (χ3v) is 3.11. The van der Waals surface area contributed by atoms with E-state index >= 15 is 0 Å². The number of fused-ring (bicyclic) bond motifs is 1. The summed E-state index contributed by atoms with van der Waals surface area (Å²) in [4.78, 5) is 0. The predicted molar refractivity (Wildman–Crippen MR) is 59.9 cm³/mol. The van der Waals surface area contributed by atoms with E-state index in [2.05, 4.69) is 36.5 Å². The zero-order valence-corrected chi connectivity index (χ0v) is 8.60. The molecule has 76 valence electrons. The lowest BCUT2D eigenvalue weighted by molar-refractivity contribution is 0.462. The van der Waals surface area contributed by atoms with E-state index in [1.165, 1.54) is 11.3 Å². The van der Waals surface area contributed by atoms with Crippen molar-refractivity contribution in [1.82, 2.24) is 0 Å². The van der Waals surface area contributed by atoms with Crippen molar-refractivity contribution in [2.24, 2.45) is 0 Å². The maximum absolute atomic E-state index is 5.46. The number of para-hydroxylation sites is 1. The van der Waals surface area contributed by atoms with Crippen LogP contribution >= 0.6 is 0 Å². The number of benzene rings is 1. The van der Waals surface area contributed by atoms with Gasteiger partial charge in [-0.15, -0.1) is 0 Å². The highest BCUT2D eigenvalue weighted by molar-refractivity contribution is 5.59. The molecule has 2 heterocycles. The van der Waals surface area contributed by atoms with Crippen molar-refractivity contribution in [2.75, 3.05) is 5.32 Å². The standard InChI is InChI=1S/C13H13NO/c1-9-10-5-2-3-6-11(10)14-13(9)12-7-4-8-15-12/h2-9,13-14H,1H3/t9-,13+/m0/s1. The summed E-state index contributed by atoms with van der Waals surface area (Å²) in [5.74, 6) is 1.48. The molecule has 1 aromatic heterocycles. The fraction of sp³-hybridized carbons (Fsp3) is 0.231. The Hall–Kier alpha value is -1.70. The van der Waals surface area contributed by atoms with Crippen LogP contribution < -0.4 is 5.32 Å². The average Bonchev–Trinajstić information content (AvgIpc) is 2.87. The summed E-state index contributed by atoms with van der Waals surface area (Å²) in [6.07, 6.45) is 1.73. The van der Waals surface area contributed by atoms with E-state index in [1.54, 1.807) is 6.26 Å². The van der Waals surface area contributed by atoms with Crippen LogP contribution in [0.1, 0.15) is 30.2 Å². The number of rotatable bonds is 1. The molecular weight excluding hydrogens is 186 g/mol. The molecule has 0 saturated carbocycles. The van der Waals surface area contributed by atoms with Gasteiger partial charge in [0.15, 0.2) is 0 Å². The molecule has 0 aliphatic carbocycles. The summed E-state index contributed by atoms with van der Waals surface area (Å²) in [6, 6.07) is 12.7. The lowest BCUT2D eigenvalue weighted by atomic mass is 9.96. The average molecular weight is 199 g/mol. The Morgan fingerprint density at radius 3 is 2.73 bits per heavy atom. The minimum absolute atomic E-state index is 0.275. The van der Waals surface area contributed by atoms with Gasteiger partial charge in [0.25, 0.3) is 0 Å². The van der Waals surface area contributed by atoms with Crippen molar-refractivity contribution in [1.29, 1.82) is 0 Å². The summed E-state index contributed by atoms with van der Waals surface area (Å²) in [5.41, 5.74) is 2.60. The molecule has 1 N–H and O–H groups in total. The lowest BCUT2D eigenvalue weighted by Crippen LogP contribution is -2.07. The van der Waals surface area contributed by atoms with Crippen LogP contribution in [0.4, 0.5) is 5.69 Å². The Morgan fingerprint density at radius 1 is 1.13 bits per heavy atom. The van der Waals surface area contributed by atoms with Crippen LogP contribution in [0.15, 0.2) is 47.1 Å². The predicted octanol–water partition coefficient (Wildman–Crippen LogP) is 3.55. The number of hydrogen-bond acceptors (Lipinski definition) is 2. The van der Waals surface area contributed by atoms with Crippen LogP contribution in [0.3, 0.4) is 0 Å². The molecule has 0 fully saturated rings. The topological polar surface area (TPSA) is 25.2 Å². The first-order chi connectivity index (χ1) is 7.36. The maximum atomic E-state index is 5.46. The SMILES string of the molecule is C[C@H]1c2ccccc2N[C@H]1c1ccco1. The third-order valence-electron chi connectivity index (χ3n) is 3.11. The van der Waals surface area contributed by atoms with Crippen molar-refractivity contribution in [2.45, 2.75) is 18.9 Å². The van der Waals surface area contributed by atoms with Gasteiger partial charge in [-0.3, -0.25) is 0 Å². The van der Waals surface area contributed by atoms with Gasteiger partial charge in [-0.05, 0) is 23.8 Å². The van der Waals surface area contributed by atoms with E-state index in [0.717, 1.165) is 5.76 Å². The van der Waals surface area contributed by atoms with Gasteiger partial charge < -0.3 is 9.73 Å². The Kier molecular flexibility index (Phi) is 1.81. The fourth-order valence-electron chi connectivity index (χ4n) is 2.28. The number of nitrogens with one attached hydrogen (secondary N) is 1. The first-order valence-electron chi connectivity index (χ1n) is 5.25. The molecule has 3 rings (SSSR count). The summed E-state index contributed by atoms with van der Waals surface area (Å²) < 4.78 is 5.46. The number of anilines is 1. The van der Waals surface area contributed by atoms with Crippen LogP contribution in [0, 0.1) is 0 Å². The van der Waals surface area contributed by atoms with E-state index in [9.17, 15) is 0 Å². The minimum atomic E-state index is 0.275. The summed E-state index contributed by atoms with van der Waals surface area (Å²) in [7, 11) is 0. The van der Waals surface area contributed by atoms with Crippen molar-refractivity contribution < 1.29 is 4.42 Å². The molecule has 0 unspecified atom stereocenters. The van der Waals surface area contributed by atoms with Gasteiger partial charge in [0.2, 0.25) is 0 Å². The van der Waals surface area contributed by atoms with E-state index in [1.807, 2.05) is 12.1 Å². The molecule has 0 radical (unpaired) electrons. The van der Waals surface area contributed by atoms with Gasteiger partial charge in [0.1, 0.15) is 5.76 Å². The third kappa shape index (κ3) is 1.25. The molecule has 1 aromatic carbocycles. The molecular formula is C13H13NO. The Labute approximate surface area is 88.9 Å². The highest BCUT2D eigenvalue weighted by atomic mass is 16.3. The van der Waals surface area contributed by atoms with Gasteiger partial charge in [-0.25, -0.2) is 0 Å². The fourth-order valence-corrected chi connectivity index (χ4v) is 2.28. The normalized spacial score (nSPS) is 23.5. The van der Waals surface area contributed by atoms with Gasteiger partial charge >= 0.3 is 0 Å². The zero-order chi connectivity index (χ0) is 10.3. The Bertz CT molecular complexity index is 461. The number of furan rings is 1. The van der Waals surface area contributed by atoms with Crippen molar-refractivity contribution >= 4 is 5.69 Å². The lowest BCUT2D eigenvalue weighted by Gasteiger charge is -2.13. The maximum Gasteiger partial charge on any atom is 0.126 e. The van der Waals surface area contributed by atoms with Crippen molar-refractivity contribution in [3.63, 3.8) is 0 Å². The number of hydrogen-bond donors (Lipinski definition) is 1. The van der Waals surface area contributed by atoms with Crippen molar-refractivity contribution in [3.05, 3.63) is 54.0 Å². The second kappa shape index (κ2) is 3.16. The molecule has 0 spiro atoms. The highest BCUT2D eigenvalue weighted by Gasteiger charge is 2.30. The van der Waals surface area contributed by atoms with E-state index in [0.29, 0.717) is 5.92 Å². The zero-order valence-electron chi connectivity index (χ0n) is 8.60. The Balaban J connectivity index is 2.00. The second-order valence-electron chi connectivity index (χ2n) is 4.01. The van der Waals surface area contributed by atoms with Crippen LogP contribution in [0.25, 0.3) is 0 Å². The van der Waals surface area contributed by atoms with Gasteiger partial charge in [0.05, 0.1) is 12.3 Å². The monoisotopic (exact) mass is 199 g/mol. The molecule has 2 heteroatoms. The molecule has 2 atom stereocenters. The molecule has 15 heavy (non-hydrogen) atoms. The molecule has 1 aliphatic heterocycles. The highest BCUT2D eigenvalue weighted by Crippen LogP contribution is 2.43. The van der Waals surface area contributed by atoms with Gasteiger partial charge in [0, 0.05) is 11.6 Å². The van der Waals surface area contributed by atoms with E-state index in [4.69, 9.17) is 4.42 Å². The van der Waals surface area contributed by atoms with Crippen LogP contribution in [-0.4, -0.2) is 0 Å². The van der Waals surface area contributed by atoms with Crippen LogP contribution in [-0.2, 0) is 0 Å². The molecule has 0 bridgehead atoms. The van der Waals surface area contributed by atoms with E-state index in [-0.39, 0.29) is 6.04 Å².